The molecule has 3 fully saturated rings. The SMILES string of the molecule is CC1(C(=O)O)CCCN1C(=O)CC1CC2CCC(C1)N2. The van der Waals surface area contributed by atoms with Crippen molar-refractivity contribution in [3.8, 4) is 0 Å². The minimum atomic E-state index is -0.983. The zero-order chi connectivity index (χ0) is 14.3. The van der Waals surface area contributed by atoms with E-state index in [1.807, 2.05) is 0 Å². The lowest BCUT2D eigenvalue weighted by molar-refractivity contribution is -0.155. The van der Waals surface area contributed by atoms with E-state index in [1.54, 1.807) is 11.8 Å². The molecule has 0 spiro atoms. The number of carboxylic acids is 1. The average Bonchev–Trinajstić information content (AvgIpc) is 2.94. The van der Waals surface area contributed by atoms with Crippen molar-refractivity contribution in [2.75, 3.05) is 6.54 Å². The van der Waals surface area contributed by atoms with E-state index < -0.39 is 11.5 Å². The van der Waals surface area contributed by atoms with Gasteiger partial charge in [-0.25, -0.2) is 4.79 Å². The first-order valence-electron chi connectivity index (χ1n) is 7.79. The molecule has 0 saturated carbocycles. The van der Waals surface area contributed by atoms with Crippen LogP contribution in [0.4, 0.5) is 0 Å². The second-order valence-corrected chi connectivity index (χ2v) is 6.91. The van der Waals surface area contributed by atoms with Crippen LogP contribution in [0.1, 0.15) is 51.9 Å². The lowest BCUT2D eigenvalue weighted by atomic mass is 9.88. The Balaban J connectivity index is 1.63. The van der Waals surface area contributed by atoms with Gasteiger partial charge in [0.05, 0.1) is 0 Å². The van der Waals surface area contributed by atoms with Gasteiger partial charge in [-0.1, -0.05) is 0 Å². The molecule has 5 heteroatoms. The van der Waals surface area contributed by atoms with Crippen molar-refractivity contribution >= 4 is 11.9 Å². The number of nitrogens with one attached hydrogen (secondary N) is 1. The molecule has 3 aliphatic heterocycles. The van der Waals surface area contributed by atoms with E-state index in [2.05, 4.69) is 5.32 Å². The fraction of sp³-hybridized carbons (Fsp3) is 0.867. The van der Waals surface area contributed by atoms with Crippen LogP contribution in [0.2, 0.25) is 0 Å². The molecule has 0 aromatic rings. The smallest absolute Gasteiger partial charge is 0.329 e. The topological polar surface area (TPSA) is 69.6 Å². The number of fused-ring (bicyclic) bond motifs is 2. The molecule has 0 aromatic heterocycles. The standard InChI is InChI=1S/C15H24N2O3/c1-15(14(19)20)5-2-6-17(15)13(18)9-10-7-11-3-4-12(8-10)16-11/h10-12,16H,2-9H2,1H3,(H,19,20). The molecule has 0 radical (unpaired) electrons. The number of carboxylic acid groups (broad SMARTS) is 1. The largest absolute Gasteiger partial charge is 0.480 e. The first-order valence-corrected chi connectivity index (χ1v) is 7.79. The van der Waals surface area contributed by atoms with E-state index in [9.17, 15) is 14.7 Å². The van der Waals surface area contributed by atoms with E-state index in [0.29, 0.717) is 37.4 Å². The van der Waals surface area contributed by atoms with Crippen LogP contribution in [0.25, 0.3) is 0 Å². The number of hydrogen-bond donors (Lipinski definition) is 2. The third-order valence-electron chi connectivity index (χ3n) is 5.44. The maximum Gasteiger partial charge on any atom is 0.329 e. The minimum Gasteiger partial charge on any atom is -0.480 e. The van der Waals surface area contributed by atoms with Crippen molar-refractivity contribution in [2.24, 2.45) is 5.92 Å². The number of carbonyl (C=O) groups excluding carboxylic acids is 1. The van der Waals surface area contributed by atoms with Gasteiger partial charge in [-0.15, -0.1) is 0 Å². The Labute approximate surface area is 119 Å². The monoisotopic (exact) mass is 280 g/mol. The van der Waals surface area contributed by atoms with Gasteiger partial charge >= 0.3 is 5.97 Å². The lowest BCUT2D eigenvalue weighted by Crippen LogP contribution is -2.51. The Hall–Kier alpha value is -1.10. The van der Waals surface area contributed by atoms with Crippen LogP contribution in [-0.2, 0) is 9.59 Å². The number of likely N-dealkylation sites (tertiary alicyclic amines) is 1. The Morgan fingerprint density at radius 3 is 2.55 bits per heavy atom. The number of rotatable bonds is 3. The number of nitrogens with zero attached hydrogens (tertiary/aromatic N) is 1. The van der Waals surface area contributed by atoms with Crippen molar-refractivity contribution in [3.63, 3.8) is 0 Å². The molecule has 0 aromatic carbocycles. The first kappa shape index (κ1) is 13.9. The second kappa shape index (κ2) is 5.02. The molecular formula is C15H24N2O3. The van der Waals surface area contributed by atoms with Crippen molar-refractivity contribution in [2.45, 2.75) is 69.5 Å². The van der Waals surface area contributed by atoms with Crippen molar-refractivity contribution in [1.82, 2.24) is 10.2 Å². The third kappa shape index (κ3) is 2.32. The van der Waals surface area contributed by atoms with Crippen LogP contribution < -0.4 is 5.32 Å². The van der Waals surface area contributed by atoms with Gasteiger partial charge in [-0.3, -0.25) is 4.79 Å². The molecule has 3 unspecified atom stereocenters. The van der Waals surface area contributed by atoms with Crippen LogP contribution in [0, 0.1) is 5.92 Å². The highest BCUT2D eigenvalue weighted by molar-refractivity contribution is 5.87. The number of amides is 1. The minimum absolute atomic E-state index is 0.0405. The molecule has 1 amide bonds. The predicted molar refractivity (Wildman–Crippen MR) is 74.3 cm³/mol. The summed E-state index contributed by atoms with van der Waals surface area (Å²) in [5.74, 6) is -0.396. The highest BCUT2D eigenvalue weighted by Crippen LogP contribution is 2.35. The summed E-state index contributed by atoms with van der Waals surface area (Å²) in [6, 6.07) is 1.16. The molecule has 2 bridgehead atoms. The van der Waals surface area contributed by atoms with Gasteiger partial charge in [0.1, 0.15) is 5.54 Å². The van der Waals surface area contributed by atoms with Gasteiger partial charge in [0.15, 0.2) is 0 Å². The zero-order valence-corrected chi connectivity index (χ0v) is 12.1. The molecule has 0 aliphatic carbocycles. The van der Waals surface area contributed by atoms with Crippen molar-refractivity contribution < 1.29 is 14.7 Å². The molecule has 5 nitrogen and oxygen atoms in total. The van der Waals surface area contributed by atoms with E-state index in [1.165, 1.54) is 12.8 Å². The second-order valence-electron chi connectivity index (χ2n) is 6.91. The van der Waals surface area contributed by atoms with Crippen LogP contribution in [0.5, 0.6) is 0 Å². The predicted octanol–water partition coefficient (Wildman–Crippen LogP) is 1.37. The van der Waals surface area contributed by atoms with E-state index in [-0.39, 0.29) is 5.91 Å². The average molecular weight is 280 g/mol. The Morgan fingerprint density at radius 1 is 1.30 bits per heavy atom. The molecule has 3 saturated heterocycles. The van der Waals surface area contributed by atoms with Crippen molar-refractivity contribution in [1.29, 1.82) is 0 Å². The highest BCUT2D eigenvalue weighted by Gasteiger charge is 2.46. The number of hydrogen-bond acceptors (Lipinski definition) is 3. The highest BCUT2D eigenvalue weighted by atomic mass is 16.4. The van der Waals surface area contributed by atoms with Crippen LogP contribution >= 0.6 is 0 Å². The van der Waals surface area contributed by atoms with Gasteiger partial charge in [0.2, 0.25) is 5.91 Å². The summed E-state index contributed by atoms with van der Waals surface area (Å²) in [6.07, 6.45) is 6.49. The summed E-state index contributed by atoms with van der Waals surface area (Å²) in [7, 11) is 0. The first-order chi connectivity index (χ1) is 9.49. The summed E-state index contributed by atoms with van der Waals surface area (Å²) in [4.78, 5) is 25.6. The van der Waals surface area contributed by atoms with Crippen LogP contribution in [0.15, 0.2) is 0 Å². The normalized spacial score (nSPS) is 40.0. The number of carbonyl (C=O) groups is 2. The van der Waals surface area contributed by atoms with E-state index in [4.69, 9.17) is 0 Å². The lowest BCUT2D eigenvalue weighted by Gasteiger charge is -2.34. The quantitative estimate of drug-likeness (QED) is 0.819. The third-order valence-corrected chi connectivity index (χ3v) is 5.44. The molecule has 3 aliphatic rings. The molecular weight excluding hydrogens is 256 g/mol. The molecule has 3 atom stereocenters. The molecule has 3 heterocycles. The fourth-order valence-corrected chi connectivity index (χ4v) is 4.28. The summed E-state index contributed by atoms with van der Waals surface area (Å²) in [5, 5.41) is 13.0. The van der Waals surface area contributed by atoms with Gasteiger partial charge in [0.25, 0.3) is 0 Å². The zero-order valence-electron chi connectivity index (χ0n) is 12.1. The molecule has 2 N–H and O–H groups in total. The molecule has 20 heavy (non-hydrogen) atoms. The van der Waals surface area contributed by atoms with Gasteiger partial charge in [0, 0.05) is 25.0 Å². The van der Waals surface area contributed by atoms with Crippen molar-refractivity contribution in [3.05, 3.63) is 0 Å². The summed E-state index contributed by atoms with van der Waals surface area (Å²) in [5.41, 5.74) is -0.983. The van der Waals surface area contributed by atoms with Gasteiger partial charge in [-0.05, 0) is 51.4 Å². The van der Waals surface area contributed by atoms with Crippen LogP contribution in [0.3, 0.4) is 0 Å². The van der Waals surface area contributed by atoms with Gasteiger partial charge in [-0.2, -0.15) is 0 Å². The maximum atomic E-state index is 12.5. The van der Waals surface area contributed by atoms with Crippen LogP contribution in [-0.4, -0.2) is 46.1 Å². The summed E-state index contributed by atoms with van der Waals surface area (Å²) in [6.45, 7) is 2.28. The summed E-state index contributed by atoms with van der Waals surface area (Å²) >= 11 is 0. The summed E-state index contributed by atoms with van der Waals surface area (Å²) < 4.78 is 0. The van der Waals surface area contributed by atoms with E-state index in [0.717, 1.165) is 19.3 Å². The molecule has 3 rings (SSSR count). The maximum absolute atomic E-state index is 12.5. The Kier molecular flexibility index (Phi) is 3.48. The Bertz CT molecular complexity index is 413. The number of aliphatic carboxylic acids is 1. The molecule has 112 valence electrons. The fourth-order valence-electron chi connectivity index (χ4n) is 4.28. The van der Waals surface area contributed by atoms with Gasteiger partial charge < -0.3 is 15.3 Å². The Morgan fingerprint density at radius 2 is 1.95 bits per heavy atom. The van der Waals surface area contributed by atoms with E-state index >= 15 is 0 Å². The number of piperidine rings is 1.